The molecule has 0 spiro atoms. The molecule has 1 atom stereocenters. The van der Waals surface area contributed by atoms with Crippen LogP contribution in [0.2, 0.25) is 0 Å². The number of hydrogen-bond donors (Lipinski definition) is 2. The van der Waals surface area contributed by atoms with Crippen LogP contribution in [0.1, 0.15) is 6.42 Å². The molecule has 0 saturated heterocycles. The number of hydrogen-bond acceptors (Lipinski definition) is 3. The average Bonchev–Trinajstić information content (AvgIpc) is 2.12. The Morgan fingerprint density at radius 1 is 1.80 bits per heavy atom. The van der Waals surface area contributed by atoms with Crippen LogP contribution < -0.4 is 11.1 Å². The zero-order valence-corrected chi connectivity index (χ0v) is 5.71. The number of amides is 1. The van der Waals surface area contributed by atoms with E-state index in [1.807, 2.05) is 0 Å². The number of carbonyl (C=O) groups is 1. The normalized spacial score (nSPS) is 25.8. The molecule has 0 radical (unpaired) electrons. The fourth-order valence-corrected chi connectivity index (χ4v) is 0.876. The van der Waals surface area contributed by atoms with Gasteiger partial charge in [0.15, 0.2) is 0 Å². The van der Waals surface area contributed by atoms with E-state index < -0.39 is 0 Å². The van der Waals surface area contributed by atoms with Crippen LogP contribution in [-0.2, 0) is 4.79 Å². The minimum atomic E-state index is -0.333. The maximum atomic E-state index is 10.6. The molecule has 1 aliphatic heterocycles. The molecule has 0 saturated carbocycles. The van der Waals surface area contributed by atoms with Gasteiger partial charge >= 0.3 is 0 Å². The second-order valence-corrected chi connectivity index (χ2v) is 2.24. The molecular formula is C6H11N3O. The molecule has 0 aliphatic carbocycles. The number of primary amides is 1. The summed E-state index contributed by atoms with van der Waals surface area (Å²) in [5, 5.41) is 3.08. The molecule has 1 aliphatic rings. The summed E-state index contributed by atoms with van der Waals surface area (Å²) in [6.07, 6.45) is 2.41. The summed E-state index contributed by atoms with van der Waals surface area (Å²) in [7, 11) is 0. The Bertz CT molecular complexity index is 155. The quantitative estimate of drug-likeness (QED) is 0.487. The van der Waals surface area contributed by atoms with Gasteiger partial charge in [0, 0.05) is 12.8 Å². The monoisotopic (exact) mass is 141 g/mol. The minimum Gasteiger partial charge on any atom is -0.368 e. The summed E-state index contributed by atoms with van der Waals surface area (Å²) in [5.74, 6) is -0.333. The van der Waals surface area contributed by atoms with Crippen LogP contribution >= 0.6 is 0 Å². The van der Waals surface area contributed by atoms with Gasteiger partial charge in [-0.15, -0.1) is 0 Å². The molecule has 0 aromatic rings. The number of aliphatic imine (C=N–C) groups is 1. The van der Waals surface area contributed by atoms with Gasteiger partial charge in [-0.1, -0.05) is 0 Å². The van der Waals surface area contributed by atoms with Gasteiger partial charge in [-0.05, 0) is 13.0 Å². The summed E-state index contributed by atoms with van der Waals surface area (Å²) in [5.41, 5.74) is 5.06. The van der Waals surface area contributed by atoms with Crippen LogP contribution in [0.25, 0.3) is 0 Å². The Kier molecular flexibility index (Phi) is 2.39. The van der Waals surface area contributed by atoms with E-state index in [0.717, 1.165) is 13.1 Å². The predicted molar refractivity (Wildman–Crippen MR) is 39.0 cm³/mol. The van der Waals surface area contributed by atoms with Gasteiger partial charge in [-0.25, -0.2) is 0 Å². The van der Waals surface area contributed by atoms with E-state index in [2.05, 4.69) is 10.3 Å². The van der Waals surface area contributed by atoms with Gasteiger partial charge in [0.05, 0.1) is 0 Å². The van der Waals surface area contributed by atoms with Crippen molar-refractivity contribution in [3.8, 4) is 0 Å². The zero-order valence-electron chi connectivity index (χ0n) is 5.71. The molecule has 56 valence electrons. The lowest BCUT2D eigenvalue weighted by Crippen LogP contribution is -2.28. The topological polar surface area (TPSA) is 67.5 Å². The Morgan fingerprint density at radius 3 is 3.30 bits per heavy atom. The first kappa shape index (κ1) is 7.21. The molecule has 10 heavy (non-hydrogen) atoms. The Labute approximate surface area is 59.5 Å². The van der Waals surface area contributed by atoms with Crippen LogP contribution in [0.3, 0.4) is 0 Å². The lowest BCUT2D eigenvalue weighted by molar-refractivity contribution is -0.119. The average molecular weight is 141 g/mol. The van der Waals surface area contributed by atoms with Gasteiger partial charge in [0.2, 0.25) is 5.91 Å². The second kappa shape index (κ2) is 3.31. The third-order valence-corrected chi connectivity index (χ3v) is 1.44. The van der Waals surface area contributed by atoms with E-state index in [0.29, 0.717) is 6.42 Å². The third-order valence-electron chi connectivity index (χ3n) is 1.44. The molecule has 0 aromatic heterocycles. The van der Waals surface area contributed by atoms with Crippen molar-refractivity contribution >= 4 is 12.1 Å². The standard InChI is InChI=1S/C6H11N3O/c7-6(10)5-1-2-8-3-4-9-5/h4-5,8H,1-3H2,(H2,7,10). The van der Waals surface area contributed by atoms with E-state index in [9.17, 15) is 4.79 Å². The lowest BCUT2D eigenvalue weighted by atomic mass is 10.2. The molecule has 4 nitrogen and oxygen atoms in total. The van der Waals surface area contributed by atoms with Crippen molar-refractivity contribution in [3.63, 3.8) is 0 Å². The van der Waals surface area contributed by atoms with Crippen molar-refractivity contribution in [2.24, 2.45) is 10.7 Å². The number of nitrogens with one attached hydrogen (secondary N) is 1. The summed E-state index contributed by atoms with van der Waals surface area (Å²) >= 11 is 0. The van der Waals surface area contributed by atoms with E-state index in [1.165, 1.54) is 0 Å². The van der Waals surface area contributed by atoms with Gasteiger partial charge in [-0.2, -0.15) is 0 Å². The number of nitrogens with two attached hydrogens (primary N) is 1. The molecule has 0 bridgehead atoms. The predicted octanol–water partition coefficient (Wildman–Crippen LogP) is -1.10. The number of nitrogens with zero attached hydrogens (tertiary/aromatic N) is 1. The highest BCUT2D eigenvalue weighted by Gasteiger charge is 2.13. The van der Waals surface area contributed by atoms with Gasteiger partial charge < -0.3 is 11.1 Å². The molecule has 4 heteroatoms. The summed E-state index contributed by atoms with van der Waals surface area (Å²) in [6.45, 7) is 1.55. The number of rotatable bonds is 1. The molecule has 1 unspecified atom stereocenters. The highest BCUT2D eigenvalue weighted by atomic mass is 16.1. The van der Waals surface area contributed by atoms with Crippen LogP contribution in [0, 0.1) is 0 Å². The molecular weight excluding hydrogens is 130 g/mol. The van der Waals surface area contributed by atoms with Crippen molar-refractivity contribution < 1.29 is 4.79 Å². The Hall–Kier alpha value is -0.900. The summed E-state index contributed by atoms with van der Waals surface area (Å²) in [4.78, 5) is 14.5. The van der Waals surface area contributed by atoms with Crippen LogP contribution in [0.4, 0.5) is 0 Å². The van der Waals surface area contributed by atoms with E-state index in [-0.39, 0.29) is 11.9 Å². The van der Waals surface area contributed by atoms with Crippen molar-refractivity contribution in [3.05, 3.63) is 0 Å². The largest absolute Gasteiger partial charge is 0.368 e. The molecule has 1 heterocycles. The van der Waals surface area contributed by atoms with E-state index in [4.69, 9.17) is 5.73 Å². The third kappa shape index (κ3) is 1.80. The molecule has 0 aromatic carbocycles. The van der Waals surface area contributed by atoms with Crippen LogP contribution in [0.15, 0.2) is 4.99 Å². The Morgan fingerprint density at radius 2 is 2.60 bits per heavy atom. The smallest absolute Gasteiger partial charge is 0.242 e. The zero-order chi connectivity index (χ0) is 7.40. The number of carbonyl (C=O) groups excluding carboxylic acids is 1. The van der Waals surface area contributed by atoms with Gasteiger partial charge in [-0.3, -0.25) is 9.79 Å². The lowest BCUT2D eigenvalue weighted by Gasteiger charge is -2.03. The first-order chi connectivity index (χ1) is 4.80. The molecule has 1 amide bonds. The summed E-state index contributed by atoms with van der Waals surface area (Å²) < 4.78 is 0. The molecule has 3 N–H and O–H groups in total. The van der Waals surface area contributed by atoms with E-state index >= 15 is 0 Å². The minimum absolute atomic E-state index is 0.310. The highest BCUT2D eigenvalue weighted by molar-refractivity contribution is 5.82. The molecule has 0 fully saturated rings. The fraction of sp³-hybridized carbons (Fsp3) is 0.667. The van der Waals surface area contributed by atoms with Crippen molar-refractivity contribution in [2.75, 3.05) is 13.1 Å². The first-order valence-electron chi connectivity index (χ1n) is 3.32. The van der Waals surface area contributed by atoms with Crippen LogP contribution in [0.5, 0.6) is 0 Å². The van der Waals surface area contributed by atoms with Crippen molar-refractivity contribution in [1.29, 1.82) is 0 Å². The van der Waals surface area contributed by atoms with Crippen LogP contribution in [-0.4, -0.2) is 31.3 Å². The van der Waals surface area contributed by atoms with Gasteiger partial charge in [0.25, 0.3) is 0 Å². The highest BCUT2D eigenvalue weighted by Crippen LogP contribution is 1.96. The SMILES string of the molecule is NC(=O)C1CCNCC=N1. The summed E-state index contributed by atoms with van der Waals surface area (Å²) in [6, 6.07) is -0.310. The van der Waals surface area contributed by atoms with E-state index in [1.54, 1.807) is 6.21 Å². The maximum Gasteiger partial charge on any atom is 0.242 e. The molecule has 1 rings (SSSR count). The Balaban J connectivity index is 2.49. The first-order valence-corrected chi connectivity index (χ1v) is 3.32. The maximum absolute atomic E-state index is 10.6. The van der Waals surface area contributed by atoms with Crippen molar-refractivity contribution in [1.82, 2.24) is 5.32 Å². The second-order valence-electron chi connectivity index (χ2n) is 2.24. The van der Waals surface area contributed by atoms with Crippen molar-refractivity contribution in [2.45, 2.75) is 12.5 Å². The van der Waals surface area contributed by atoms with Gasteiger partial charge in [0.1, 0.15) is 6.04 Å². The fourth-order valence-electron chi connectivity index (χ4n) is 0.876.